The van der Waals surface area contributed by atoms with E-state index >= 15 is 0 Å². The van der Waals surface area contributed by atoms with E-state index in [1.807, 2.05) is 6.92 Å². The number of aromatic nitrogens is 2. The second-order valence-corrected chi connectivity index (χ2v) is 6.38. The Morgan fingerprint density at radius 2 is 2.00 bits per heavy atom. The molecule has 2 rings (SSSR count). The fourth-order valence-electron chi connectivity index (χ4n) is 2.70. The Balaban J connectivity index is 1.91. The van der Waals surface area contributed by atoms with E-state index in [-0.39, 0.29) is 13.0 Å². The van der Waals surface area contributed by atoms with Crippen LogP contribution in [-0.4, -0.2) is 44.6 Å². The maximum absolute atomic E-state index is 12.3. The van der Waals surface area contributed by atoms with Crippen molar-refractivity contribution < 1.29 is 19.6 Å². The Kier molecular flexibility index (Phi) is 8.16. The molecule has 0 bridgehead atoms. The van der Waals surface area contributed by atoms with Gasteiger partial charge in [0.15, 0.2) is 0 Å². The topological polar surface area (TPSA) is 117 Å². The van der Waals surface area contributed by atoms with E-state index in [9.17, 15) is 19.6 Å². The molecule has 150 valence electrons. The number of amides is 3. The molecule has 2 aromatic rings. The van der Waals surface area contributed by atoms with E-state index in [0.717, 1.165) is 24.9 Å². The second-order valence-electron chi connectivity index (χ2n) is 6.38. The standard InChI is InChI=1S/C19H25N5O4/c1-2-3-4-5-16(12-24(28)14-25)19(27)22-21-18(26)15-6-8-17(9-7-15)23-11-10-20-13-23/h6-11,13-14,16,28H,2-5,12H2,1H3,(H,21,26)(H,22,27)/t16-/m1/s1. The summed E-state index contributed by atoms with van der Waals surface area (Å²) < 4.78 is 1.80. The molecule has 9 nitrogen and oxygen atoms in total. The zero-order chi connectivity index (χ0) is 20.4. The van der Waals surface area contributed by atoms with Crippen molar-refractivity contribution in [1.29, 1.82) is 0 Å². The summed E-state index contributed by atoms with van der Waals surface area (Å²) in [6.45, 7) is 1.91. The normalized spacial score (nSPS) is 11.5. The van der Waals surface area contributed by atoms with Crippen LogP contribution in [0.15, 0.2) is 43.0 Å². The Bertz CT molecular complexity index is 761. The third-order valence-corrected chi connectivity index (χ3v) is 4.29. The zero-order valence-electron chi connectivity index (χ0n) is 15.7. The van der Waals surface area contributed by atoms with Crippen molar-refractivity contribution in [3.63, 3.8) is 0 Å². The number of hydrogen-bond donors (Lipinski definition) is 3. The summed E-state index contributed by atoms with van der Waals surface area (Å²) in [6, 6.07) is 6.80. The van der Waals surface area contributed by atoms with Gasteiger partial charge < -0.3 is 4.57 Å². The Morgan fingerprint density at radius 3 is 2.61 bits per heavy atom. The van der Waals surface area contributed by atoms with E-state index in [1.54, 1.807) is 47.6 Å². The summed E-state index contributed by atoms with van der Waals surface area (Å²) in [7, 11) is 0. The fourth-order valence-corrected chi connectivity index (χ4v) is 2.70. The molecular formula is C19H25N5O4. The number of unbranched alkanes of at least 4 members (excludes halogenated alkanes) is 2. The van der Waals surface area contributed by atoms with Gasteiger partial charge in [0.05, 0.1) is 18.8 Å². The Morgan fingerprint density at radius 1 is 1.25 bits per heavy atom. The molecular weight excluding hydrogens is 362 g/mol. The van der Waals surface area contributed by atoms with Crippen LogP contribution in [0.25, 0.3) is 5.69 Å². The molecule has 3 N–H and O–H groups in total. The van der Waals surface area contributed by atoms with Gasteiger partial charge in [0.1, 0.15) is 0 Å². The molecule has 0 spiro atoms. The van der Waals surface area contributed by atoms with Crippen LogP contribution in [0.5, 0.6) is 0 Å². The van der Waals surface area contributed by atoms with E-state index < -0.39 is 17.7 Å². The molecule has 1 aromatic carbocycles. The summed E-state index contributed by atoms with van der Waals surface area (Å²) in [5.74, 6) is -1.54. The number of hydrazine groups is 1. The molecule has 1 aromatic heterocycles. The van der Waals surface area contributed by atoms with Gasteiger partial charge in [0, 0.05) is 23.6 Å². The van der Waals surface area contributed by atoms with Gasteiger partial charge in [0.2, 0.25) is 12.3 Å². The molecule has 9 heteroatoms. The summed E-state index contributed by atoms with van der Waals surface area (Å²) in [6.07, 6.45) is 8.55. The molecule has 0 saturated heterocycles. The van der Waals surface area contributed by atoms with Crippen LogP contribution in [0.1, 0.15) is 43.0 Å². The average Bonchev–Trinajstić information content (AvgIpc) is 3.26. The largest absolute Gasteiger partial charge is 0.306 e. The highest BCUT2D eigenvalue weighted by Crippen LogP contribution is 2.12. The van der Waals surface area contributed by atoms with Crippen LogP contribution in [0.2, 0.25) is 0 Å². The number of nitrogens with zero attached hydrogens (tertiary/aromatic N) is 3. The molecule has 0 radical (unpaired) electrons. The first-order chi connectivity index (χ1) is 13.5. The molecule has 3 amide bonds. The third kappa shape index (κ3) is 6.20. The number of benzene rings is 1. The number of nitrogens with one attached hydrogen (secondary N) is 2. The lowest BCUT2D eigenvalue weighted by Gasteiger charge is -2.19. The number of carbonyl (C=O) groups excluding carboxylic acids is 3. The maximum Gasteiger partial charge on any atom is 0.269 e. The number of rotatable bonds is 10. The first-order valence-corrected chi connectivity index (χ1v) is 9.14. The van der Waals surface area contributed by atoms with Crippen molar-refractivity contribution in [2.75, 3.05) is 6.54 Å². The number of carbonyl (C=O) groups is 3. The minimum atomic E-state index is -0.620. The van der Waals surface area contributed by atoms with Crippen molar-refractivity contribution in [2.45, 2.75) is 32.6 Å². The van der Waals surface area contributed by atoms with Crippen LogP contribution < -0.4 is 10.9 Å². The fraction of sp³-hybridized carbons (Fsp3) is 0.368. The van der Waals surface area contributed by atoms with Crippen molar-refractivity contribution in [2.24, 2.45) is 5.92 Å². The molecule has 0 aliphatic heterocycles. The average molecular weight is 387 g/mol. The van der Waals surface area contributed by atoms with E-state index in [4.69, 9.17) is 0 Å². The van der Waals surface area contributed by atoms with Crippen molar-refractivity contribution in [3.8, 4) is 5.69 Å². The van der Waals surface area contributed by atoms with Crippen LogP contribution >= 0.6 is 0 Å². The molecule has 28 heavy (non-hydrogen) atoms. The molecule has 0 saturated carbocycles. The molecule has 1 atom stereocenters. The SMILES string of the molecule is CCCCC[C@H](CN(O)C=O)C(=O)NNC(=O)c1ccc(-n2ccnc2)cc1. The zero-order valence-corrected chi connectivity index (χ0v) is 15.7. The minimum absolute atomic E-state index is 0.130. The number of imidazole rings is 1. The highest BCUT2D eigenvalue weighted by atomic mass is 16.5. The van der Waals surface area contributed by atoms with Crippen molar-refractivity contribution in [1.82, 2.24) is 25.5 Å². The lowest BCUT2D eigenvalue weighted by Crippen LogP contribution is -2.46. The summed E-state index contributed by atoms with van der Waals surface area (Å²) >= 11 is 0. The predicted octanol–water partition coefficient (Wildman–Crippen LogP) is 1.68. The predicted molar refractivity (Wildman–Crippen MR) is 101 cm³/mol. The summed E-state index contributed by atoms with van der Waals surface area (Å²) in [5.41, 5.74) is 5.97. The summed E-state index contributed by atoms with van der Waals surface area (Å²) in [4.78, 5) is 39.2. The van der Waals surface area contributed by atoms with Gasteiger partial charge in [-0.1, -0.05) is 26.2 Å². The first-order valence-electron chi connectivity index (χ1n) is 9.14. The molecule has 1 heterocycles. The van der Waals surface area contributed by atoms with Crippen LogP contribution in [0.3, 0.4) is 0 Å². The van der Waals surface area contributed by atoms with Crippen molar-refractivity contribution >= 4 is 18.2 Å². The van der Waals surface area contributed by atoms with E-state index in [0.29, 0.717) is 17.0 Å². The van der Waals surface area contributed by atoms with Crippen LogP contribution in [0.4, 0.5) is 0 Å². The van der Waals surface area contributed by atoms with Gasteiger partial charge in [0.25, 0.3) is 5.91 Å². The van der Waals surface area contributed by atoms with Gasteiger partial charge in [-0.2, -0.15) is 0 Å². The minimum Gasteiger partial charge on any atom is -0.306 e. The maximum atomic E-state index is 12.3. The second kappa shape index (κ2) is 10.8. The van der Waals surface area contributed by atoms with Gasteiger partial charge in [-0.3, -0.25) is 30.4 Å². The summed E-state index contributed by atoms with van der Waals surface area (Å²) in [5, 5.41) is 9.82. The van der Waals surface area contributed by atoms with E-state index in [1.165, 1.54) is 0 Å². The van der Waals surface area contributed by atoms with Gasteiger partial charge in [-0.25, -0.2) is 10.0 Å². The van der Waals surface area contributed by atoms with Crippen LogP contribution in [0, 0.1) is 5.92 Å². The lowest BCUT2D eigenvalue weighted by atomic mass is 10.0. The smallest absolute Gasteiger partial charge is 0.269 e. The van der Waals surface area contributed by atoms with Gasteiger partial charge >= 0.3 is 0 Å². The van der Waals surface area contributed by atoms with Gasteiger partial charge in [-0.15, -0.1) is 0 Å². The monoisotopic (exact) mass is 387 g/mol. The first kappa shape index (κ1) is 21.1. The van der Waals surface area contributed by atoms with Crippen molar-refractivity contribution in [3.05, 3.63) is 48.5 Å². The van der Waals surface area contributed by atoms with E-state index in [2.05, 4.69) is 15.8 Å². The Hall–Kier alpha value is -3.20. The number of hydroxylamine groups is 2. The highest BCUT2D eigenvalue weighted by molar-refractivity contribution is 5.95. The molecule has 0 unspecified atom stereocenters. The number of hydrogen-bond acceptors (Lipinski definition) is 5. The van der Waals surface area contributed by atoms with Gasteiger partial charge in [-0.05, 0) is 30.7 Å². The molecule has 0 aliphatic rings. The third-order valence-electron chi connectivity index (χ3n) is 4.29. The highest BCUT2D eigenvalue weighted by Gasteiger charge is 2.21. The lowest BCUT2D eigenvalue weighted by molar-refractivity contribution is -0.154. The Labute approximate surface area is 163 Å². The quantitative estimate of drug-likeness (QED) is 0.248. The molecule has 0 aliphatic carbocycles. The van der Waals surface area contributed by atoms with Crippen LogP contribution in [-0.2, 0) is 9.59 Å². The molecule has 0 fully saturated rings.